The van der Waals surface area contributed by atoms with E-state index in [4.69, 9.17) is 21.1 Å². The first-order valence-electron chi connectivity index (χ1n) is 2.91. The molecule has 0 aliphatic carbocycles. The van der Waals surface area contributed by atoms with Gasteiger partial charge >= 0.3 is 0 Å². The van der Waals surface area contributed by atoms with Crippen molar-refractivity contribution in [1.29, 1.82) is 0 Å². The number of aliphatic hydroxyl groups is 3. The van der Waals surface area contributed by atoms with Crippen LogP contribution >= 0.6 is 0 Å². The van der Waals surface area contributed by atoms with Gasteiger partial charge in [-0.25, -0.2) is 0 Å². The van der Waals surface area contributed by atoms with Gasteiger partial charge in [0.25, 0.3) is 0 Å². The van der Waals surface area contributed by atoms with Gasteiger partial charge in [-0.3, -0.25) is 0 Å². The van der Waals surface area contributed by atoms with Gasteiger partial charge < -0.3 is 21.1 Å². The van der Waals surface area contributed by atoms with E-state index >= 15 is 0 Å². The lowest BCUT2D eigenvalue weighted by atomic mass is 10.2. The molecule has 4 heteroatoms. The molecule has 0 aliphatic heterocycles. The fourth-order valence-electron chi connectivity index (χ4n) is 0.459. The Morgan fingerprint density at radius 2 is 1.67 bits per heavy atom. The maximum Gasteiger partial charge on any atom is 0.151 e. The summed E-state index contributed by atoms with van der Waals surface area (Å²) >= 11 is 0. The molecule has 0 aromatic heterocycles. The van der Waals surface area contributed by atoms with Gasteiger partial charge in [-0.05, 0) is 6.42 Å². The molecule has 0 aliphatic rings. The lowest BCUT2D eigenvalue weighted by Gasteiger charge is -2.07. The first-order valence-corrected chi connectivity index (χ1v) is 2.91. The maximum absolute atomic E-state index is 8.76. The van der Waals surface area contributed by atoms with Crippen molar-refractivity contribution in [3.8, 4) is 0 Å². The fourth-order valence-corrected chi connectivity index (χ4v) is 0.459. The first-order chi connectivity index (χ1) is 4.16. The summed E-state index contributed by atoms with van der Waals surface area (Å²) < 4.78 is 0. The van der Waals surface area contributed by atoms with Crippen LogP contribution in [-0.4, -0.2) is 34.3 Å². The number of rotatable bonds is 4. The smallest absolute Gasteiger partial charge is 0.151 e. The third-order valence-corrected chi connectivity index (χ3v) is 1.03. The van der Waals surface area contributed by atoms with Crippen molar-refractivity contribution in [2.24, 2.45) is 5.73 Å². The molecule has 0 bridgehead atoms. The Labute approximate surface area is 53.9 Å². The first kappa shape index (κ1) is 8.84. The van der Waals surface area contributed by atoms with Crippen LogP contribution in [0.1, 0.15) is 12.8 Å². The fraction of sp³-hybridized carbons (Fsp3) is 1.00. The van der Waals surface area contributed by atoms with E-state index in [9.17, 15) is 0 Å². The van der Waals surface area contributed by atoms with Crippen molar-refractivity contribution in [3.63, 3.8) is 0 Å². The van der Waals surface area contributed by atoms with Crippen LogP contribution in [0.2, 0.25) is 0 Å². The lowest BCUT2D eigenvalue weighted by Crippen LogP contribution is -2.21. The Morgan fingerprint density at radius 3 is 2.00 bits per heavy atom. The Bertz CT molecular complexity index is 67.2. The average molecular weight is 135 g/mol. The van der Waals surface area contributed by atoms with E-state index in [-0.39, 0.29) is 13.0 Å². The summed E-state index contributed by atoms with van der Waals surface area (Å²) in [6, 6.07) is 0. The predicted octanol–water partition coefficient (Wildman–Crippen LogP) is -1.60. The average Bonchev–Trinajstić information content (AvgIpc) is 1.83. The Hall–Kier alpha value is -0.160. The van der Waals surface area contributed by atoms with E-state index in [1.165, 1.54) is 0 Å². The molecular formula is C5H13NO3. The van der Waals surface area contributed by atoms with Crippen molar-refractivity contribution >= 4 is 0 Å². The number of aliphatic hydroxyl groups excluding tert-OH is 2. The molecule has 0 aromatic carbocycles. The van der Waals surface area contributed by atoms with Crippen LogP contribution in [0.15, 0.2) is 0 Å². The van der Waals surface area contributed by atoms with Crippen molar-refractivity contribution < 1.29 is 15.3 Å². The second kappa shape index (κ2) is 4.69. The van der Waals surface area contributed by atoms with Crippen LogP contribution < -0.4 is 5.73 Å². The molecule has 0 spiro atoms. The predicted molar refractivity (Wildman–Crippen MR) is 32.5 cm³/mol. The van der Waals surface area contributed by atoms with E-state index in [1.54, 1.807) is 0 Å². The molecular weight excluding hydrogens is 122 g/mol. The van der Waals surface area contributed by atoms with Gasteiger partial charge in [0.2, 0.25) is 0 Å². The summed E-state index contributed by atoms with van der Waals surface area (Å²) in [5, 5.41) is 25.4. The molecule has 0 rings (SSSR count). The van der Waals surface area contributed by atoms with Crippen LogP contribution in [0.4, 0.5) is 0 Å². The van der Waals surface area contributed by atoms with Gasteiger partial charge in [0.15, 0.2) is 6.29 Å². The zero-order valence-electron chi connectivity index (χ0n) is 5.20. The van der Waals surface area contributed by atoms with E-state index in [2.05, 4.69) is 0 Å². The molecule has 0 amide bonds. The minimum Gasteiger partial charge on any atom is -0.392 e. The largest absolute Gasteiger partial charge is 0.392 e. The van der Waals surface area contributed by atoms with Gasteiger partial charge in [-0.2, -0.15) is 0 Å². The number of hydrogen-bond acceptors (Lipinski definition) is 4. The number of nitrogens with two attached hydrogens (primary N) is 1. The summed E-state index contributed by atoms with van der Waals surface area (Å²) in [6.07, 6.45) is -1.41. The maximum atomic E-state index is 8.76. The molecule has 56 valence electrons. The minimum atomic E-state index is -1.33. The molecule has 0 fully saturated rings. The molecule has 0 radical (unpaired) electrons. The van der Waals surface area contributed by atoms with Crippen molar-refractivity contribution in [2.45, 2.75) is 25.2 Å². The molecule has 0 heterocycles. The highest BCUT2D eigenvalue weighted by atomic mass is 16.5. The van der Waals surface area contributed by atoms with Gasteiger partial charge in [0.05, 0.1) is 6.10 Å². The Morgan fingerprint density at radius 1 is 1.11 bits per heavy atom. The third kappa shape index (κ3) is 5.72. The zero-order chi connectivity index (χ0) is 7.28. The van der Waals surface area contributed by atoms with E-state index in [0.717, 1.165) is 0 Å². The van der Waals surface area contributed by atoms with Crippen molar-refractivity contribution in [2.75, 3.05) is 6.54 Å². The monoisotopic (exact) mass is 135 g/mol. The molecule has 0 aromatic rings. The topological polar surface area (TPSA) is 86.7 Å². The molecule has 1 atom stereocenters. The summed E-state index contributed by atoms with van der Waals surface area (Å²) in [4.78, 5) is 0. The SMILES string of the molecule is NCC(O)CCC(O)O. The highest BCUT2D eigenvalue weighted by Gasteiger charge is 2.03. The third-order valence-electron chi connectivity index (χ3n) is 1.03. The zero-order valence-corrected chi connectivity index (χ0v) is 5.20. The van der Waals surface area contributed by atoms with E-state index in [1.807, 2.05) is 0 Å². The summed E-state index contributed by atoms with van der Waals surface area (Å²) in [6.45, 7) is 0.173. The summed E-state index contributed by atoms with van der Waals surface area (Å²) in [7, 11) is 0. The normalized spacial score (nSPS) is 14.3. The highest BCUT2D eigenvalue weighted by molar-refractivity contribution is 4.55. The van der Waals surface area contributed by atoms with Gasteiger partial charge in [-0.1, -0.05) is 0 Å². The van der Waals surface area contributed by atoms with Crippen LogP contribution in [0, 0.1) is 0 Å². The molecule has 0 saturated carbocycles. The lowest BCUT2D eigenvalue weighted by molar-refractivity contribution is -0.0525. The van der Waals surface area contributed by atoms with Crippen LogP contribution in [0.25, 0.3) is 0 Å². The second-order valence-corrected chi connectivity index (χ2v) is 1.95. The highest BCUT2D eigenvalue weighted by Crippen LogP contribution is 1.97. The second-order valence-electron chi connectivity index (χ2n) is 1.95. The van der Waals surface area contributed by atoms with Crippen LogP contribution in [0.5, 0.6) is 0 Å². The molecule has 5 N–H and O–H groups in total. The van der Waals surface area contributed by atoms with Crippen LogP contribution in [0.3, 0.4) is 0 Å². The van der Waals surface area contributed by atoms with E-state index in [0.29, 0.717) is 6.42 Å². The molecule has 9 heavy (non-hydrogen) atoms. The molecule has 4 nitrogen and oxygen atoms in total. The minimum absolute atomic E-state index is 0.173. The van der Waals surface area contributed by atoms with E-state index < -0.39 is 12.4 Å². The molecule has 0 saturated heterocycles. The quantitative estimate of drug-likeness (QED) is 0.349. The van der Waals surface area contributed by atoms with Crippen molar-refractivity contribution in [1.82, 2.24) is 0 Å². The molecule has 1 unspecified atom stereocenters. The van der Waals surface area contributed by atoms with Gasteiger partial charge in [0.1, 0.15) is 0 Å². The van der Waals surface area contributed by atoms with Crippen LogP contribution in [-0.2, 0) is 0 Å². The Kier molecular flexibility index (Phi) is 4.61. The summed E-state index contributed by atoms with van der Waals surface area (Å²) in [5.41, 5.74) is 5.04. The Balaban J connectivity index is 3.06. The van der Waals surface area contributed by atoms with Gasteiger partial charge in [-0.15, -0.1) is 0 Å². The number of hydrogen-bond donors (Lipinski definition) is 4. The summed E-state index contributed by atoms with van der Waals surface area (Å²) in [5.74, 6) is 0. The van der Waals surface area contributed by atoms with Crippen molar-refractivity contribution in [3.05, 3.63) is 0 Å². The standard InChI is InChI=1S/C5H13NO3/c6-3-4(7)1-2-5(8)9/h4-5,7-9H,1-3,6H2. The van der Waals surface area contributed by atoms with Gasteiger partial charge in [0, 0.05) is 13.0 Å².